The topological polar surface area (TPSA) is 41.5 Å². The zero-order valence-electron chi connectivity index (χ0n) is 17.8. The summed E-state index contributed by atoms with van der Waals surface area (Å²) >= 11 is 6.47. The average molecular weight is 435 g/mol. The minimum absolute atomic E-state index is 0.0499. The Hall–Kier alpha value is -2.63. The summed E-state index contributed by atoms with van der Waals surface area (Å²) in [5, 5.41) is 0.341. The van der Waals surface area contributed by atoms with Crippen molar-refractivity contribution >= 4 is 17.4 Å². The summed E-state index contributed by atoms with van der Waals surface area (Å²) in [6.07, 6.45) is 3.35. The first-order chi connectivity index (χ1) is 15.2. The predicted octanol–water partition coefficient (Wildman–Crippen LogP) is 4.89. The lowest BCUT2D eigenvalue weighted by Crippen LogP contribution is -2.38. The van der Waals surface area contributed by atoms with Gasteiger partial charge in [0.15, 0.2) is 0 Å². The molecule has 1 aromatic heterocycles. The number of methoxy groups -OCH3 is 1. The van der Waals surface area contributed by atoms with Crippen molar-refractivity contribution < 1.29 is 4.74 Å². The van der Waals surface area contributed by atoms with Gasteiger partial charge in [-0.25, -0.2) is 9.97 Å². The standard InChI is InChI=1S/C25H27ClN4O/c1-31-20-11-9-18(10-12-20)17-30-16-13-21-22(23(30)19-7-3-2-4-8-19)27-25(26)28-24(21)29-14-5-6-15-29/h2-4,7-12,23H,5-6,13-17H2,1H3. The van der Waals surface area contributed by atoms with Crippen LogP contribution >= 0.6 is 11.6 Å². The fourth-order valence-electron chi connectivity index (χ4n) is 4.82. The Morgan fingerprint density at radius 2 is 1.71 bits per heavy atom. The first-order valence-electron chi connectivity index (χ1n) is 11.0. The molecule has 1 unspecified atom stereocenters. The van der Waals surface area contributed by atoms with Gasteiger partial charge in [-0.1, -0.05) is 42.5 Å². The Balaban J connectivity index is 1.55. The van der Waals surface area contributed by atoms with Crippen molar-refractivity contribution in [3.05, 3.63) is 82.3 Å². The van der Waals surface area contributed by atoms with Gasteiger partial charge in [-0.05, 0) is 54.1 Å². The Kier molecular flexibility index (Phi) is 5.79. The maximum Gasteiger partial charge on any atom is 0.224 e. The van der Waals surface area contributed by atoms with Crippen molar-refractivity contribution in [3.8, 4) is 5.75 Å². The third-order valence-electron chi connectivity index (χ3n) is 6.33. The molecule has 2 aliphatic heterocycles. The summed E-state index contributed by atoms with van der Waals surface area (Å²) in [4.78, 5) is 14.3. The molecule has 3 heterocycles. The maximum atomic E-state index is 6.47. The van der Waals surface area contributed by atoms with Gasteiger partial charge in [-0.3, -0.25) is 4.90 Å². The van der Waals surface area contributed by atoms with Gasteiger partial charge in [0, 0.05) is 31.7 Å². The number of aromatic nitrogens is 2. The Morgan fingerprint density at radius 1 is 0.968 bits per heavy atom. The lowest BCUT2D eigenvalue weighted by molar-refractivity contribution is 0.200. The van der Waals surface area contributed by atoms with Crippen LogP contribution in [0, 0.1) is 0 Å². The third-order valence-corrected chi connectivity index (χ3v) is 6.50. The molecule has 5 rings (SSSR count). The van der Waals surface area contributed by atoms with Gasteiger partial charge in [0.1, 0.15) is 11.6 Å². The number of halogens is 1. The van der Waals surface area contributed by atoms with E-state index in [2.05, 4.69) is 57.2 Å². The van der Waals surface area contributed by atoms with Gasteiger partial charge in [0.2, 0.25) is 5.28 Å². The summed E-state index contributed by atoms with van der Waals surface area (Å²) in [7, 11) is 1.70. The molecule has 3 aromatic rings. The van der Waals surface area contributed by atoms with Crippen LogP contribution in [0.25, 0.3) is 0 Å². The fraction of sp³-hybridized carbons (Fsp3) is 0.360. The molecular weight excluding hydrogens is 408 g/mol. The van der Waals surface area contributed by atoms with Crippen LogP contribution in [0.3, 0.4) is 0 Å². The Bertz CT molecular complexity index is 1040. The SMILES string of the molecule is COc1ccc(CN2CCc3c(nc(Cl)nc3N3CCCC3)C2c2ccccc2)cc1. The van der Waals surface area contributed by atoms with E-state index in [-0.39, 0.29) is 6.04 Å². The number of fused-ring (bicyclic) bond motifs is 1. The molecule has 31 heavy (non-hydrogen) atoms. The van der Waals surface area contributed by atoms with E-state index >= 15 is 0 Å². The number of hydrogen-bond acceptors (Lipinski definition) is 5. The van der Waals surface area contributed by atoms with Crippen molar-refractivity contribution in [2.75, 3.05) is 31.6 Å². The molecule has 0 spiro atoms. The molecular formula is C25H27ClN4O. The molecule has 0 N–H and O–H groups in total. The summed E-state index contributed by atoms with van der Waals surface area (Å²) in [6, 6.07) is 19.0. The van der Waals surface area contributed by atoms with Crippen LogP contribution in [0.15, 0.2) is 54.6 Å². The molecule has 0 saturated carbocycles. The van der Waals surface area contributed by atoms with Crippen LogP contribution in [0.1, 0.15) is 41.3 Å². The molecule has 1 fully saturated rings. The Labute approximate surface area is 188 Å². The summed E-state index contributed by atoms with van der Waals surface area (Å²) < 4.78 is 5.32. The van der Waals surface area contributed by atoms with Crippen molar-refractivity contribution in [3.63, 3.8) is 0 Å². The van der Waals surface area contributed by atoms with Gasteiger partial charge in [-0.2, -0.15) is 0 Å². The highest BCUT2D eigenvalue weighted by molar-refractivity contribution is 6.28. The highest BCUT2D eigenvalue weighted by Gasteiger charge is 2.34. The van der Waals surface area contributed by atoms with E-state index in [1.54, 1.807) is 7.11 Å². The van der Waals surface area contributed by atoms with E-state index in [4.69, 9.17) is 21.3 Å². The van der Waals surface area contributed by atoms with Crippen LogP contribution in [0.4, 0.5) is 5.82 Å². The van der Waals surface area contributed by atoms with Crippen LogP contribution in [-0.2, 0) is 13.0 Å². The number of rotatable bonds is 5. The van der Waals surface area contributed by atoms with Crippen molar-refractivity contribution in [2.45, 2.75) is 31.8 Å². The normalized spacial score (nSPS) is 18.8. The van der Waals surface area contributed by atoms with E-state index in [1.807, 2.05) is 12.1 Å². The quantitative estimate of drug-likeness (QED) is 0.535. The average Bonchev–Trinajstić information content (AvgIpc) is 3.34. The zero-order chi connectivity index (χ0) is 21.2. The summed E-state index contributed by atoms with van der Waals surface area (Å²) in [5.74, 6) is 1.92. The van der Waals surface area contributed by atoms with E-state index in [9.17, 15) is 0 Å². The minimum atomic E-state index is 0.0499. The smallest absolute Gasteiger partial charge is 0.224 e. The van der Waals surface area contributed by atoms with Gasteiger partial charge in [0.05, 0.1) is 18.8 Å². The van der Waals surface area contributed by atoms with Crippen LogP contribution in [-0.4, -0.2) is 41.6 Å². The number of anilines is 1. The molecule has 160 valence electrons. The van der Waals surface area contributed by atoms with Gasteiger partial charge >= 0.3 is 0 Å². The second kappa shape index (κ2) is 8.85. The van der Waals surface area contributed by atoms with E-state index < -0.39 is 0 Å². The van der Waals surface area contributed by atoms with Crippen LogP contribution in [0.5, 0.6) is 5.75 Å². The molecule has 1 atom stereocenters. The highest BCUT2D eigenvalue weighted by atomic mass is 35.5. The van der Waals surface area contributed by atoms with Crippen molar-refractivity contribution in [1.29, 1.82) is 0 Å². The second-order valence-electron chi connectivity index (χ2n) is 8.26. The second-order valence-corrected chi connectivity index (χ2v) is 8.59. The number of benzene rings is 2. The third kappa shape index (κ3) is 4.12. The molecule has 6 heteroatoms. The minimum Gasteiger partial charge on any atom is -0.497 e. The van der Waals surface area contributed by atoms with Gasteiger partial charge in [0.25, 0.3) is 0 Å². The van der Waals surface area contributed by atoms with Crippen LogP contribution < -0.4 is 9.64 Å². The molecule has 2 aromatic carbocycles. The van der Waals surface area contributed by atoms with Gasteiger partial charge in [-0.15, -0.1) is 0 Å². The molecule has 5 nitrogen and oxygen atoms in total. The lowest BCUT2D eigenvalue weighted by Gasteiger charge is -2.38. The van der Waals surface area contributed by atoms with E-state index in [0.29, 0.717) is 5.28 Å². The van der Waals surface area contributed by atoms with E-state index in [0.717, 1.165) is 49.9 Å². The number of nitrogens with zero attached hydrogens (tertiary/aromatic N) is 4. The summed E-state index contributed by atoms with van der Waals surface area (Å²) in [6.45, 7) is 3.88. The lowest BCUT2D eigenvalue weighted by atomic mass is 9.91. The molecule has 1 saturated heterocycles. The first kappa shape index (κ1) is 20.3. The highest BCUT2D eigenvalue weighted by Crippen LogP contribution is 2.39. The number of ether oxygens (including phenoxy) is 1. The molecule has 0 amide bonds. The maximum absolute atomic E-state index is 6.47. The Morgan fingerprint density at radius 3 is 2.42 bits per heavy atom. The van der Waals surface area contributed by atoms with Crippen LogP contribution in [0.2, 0.25) is 5.28 Å². The molecule has 0 bridgehead atoms. The molecule has 0 aliphatic carbocycles. The van der Waals surface area contributed by atoms with E-state index in [1.165, 1.54) is 29.5 Å². The monoisotopic (exact) mass is 434 g/mol. The first-order valence-corrected chi connectivity index (χ1v) is 11.3. The summed E-state index contributed by atoms with van der Waals surface area (Å²) in [5.41, 5.74) is 4.79. The fourth-order valence-corrected chi connectivity index (χ4v) is 4.99. The predicted molar refractivity (Wildman–Crippen MR) is 124 cm³/mol. The van der Waals surface area contributed by atoms with Gasteiger partial charge < -0.3 is 9.64 Å². The molecule has 2 aliphatic rings. The number of hydrogen-bond donors (Lipinski definition) is 0. The van der Waals surface area contributed by atoms with Crippen molar-refractivity contribution in [1.82, 2.24) is 14.9 Å². The zero-order valence-corrected chi connectivity index (χ0v) is 18.6. The largest absolute Gasteiger partial charge is 0.497 e. The van der Waals surface area contributed by atoms with Crippen molar-refractivity contribution in [2.24, 2.45) is 0 Å². The molecule has 0 radical (unpaired) electrons.